The van der Waals surface area contributed by atoms with Crippen LogP contribution in [0.4, 0.5) is 0 Å². The van der Waals surface area contributed by atoms with Crippen molar-refractivity contribution in [3.05, 3.63) is 33.8 Å². The molecule has 0 aliphatic rings. The third-order valence-corrected chi connectivity index (χ3v) is 4.04. The molecular formula is C15H24Cl2N2O. The van der Waals surface area contributed by atoms with Crippen LogP contribution in [-0.4, -0.2) is 37.7 Å². The summed E-state index contributed by atoms with van der Waals surface area (Å²) in [5, 5.41) is 1.28. The number of halogens is 2. The molecule has 114 valence electrons. The van der Waals surface area contributed by atoms with E-state index in [9.17, 15) is 0 Å². The van der Waals surface area contributed by atoms with Gasteiger partial charge in [-0.15, -0.1) is 0 Å². The summed E-state index contributed by atoms with van der Waals surface area (Å²) in [5.41, 5.74) is 7.06. The predicted octanol–water partition coefficient (Wildman–Crippen LogP) is 3.74. The monoisotopic (exact) mass is 318 g/mol. The van der Waals surface area contributed by atoms with Gasteiger partial charge in [0, 0.05) is 42.3 Å². The number of rotatable bonds is 8. The highest BCUT2D eigenvalue weighted by molar-refractivity contribution is 6.34. The fourth-order valence-corrected chi connectivity index (χ4v) is 2.89. The van der Waals surface area contributed by atoms with E-state index in [1.54, 1.807) is 13.2 Å². The van der Waals surface area contributed by atoms with Crippen molar-refractivity contribution in [2.75, 3.05) is 26.8 Å². The molecule has 2 unspecified atom stereocenters. The fourth-order valence-electron chi connectivity index (χ4n) is 2.35. The van der Waals surface area contributed by atoms with Crippen LogP contribution >= 0.6 is 23.2 Å². The number of methoxy groups -OCH3 is 1. The van der Waals surface area contributed by atoms with E-state index in [-0.39, 0.29) is 6.04 Å². The van der Waals surface area contributed by atoms with E-state index in [4.69, 9.17) is 33.7 Å². The number of benzene rings is 1. The van der Waals surface area contributed by atoms with Gasteiger partial charge < -0.3 is 10.5 Å². The summed E-state index contributed by atoms with van der Waals surface area (Å²) < 4.78 is 5.21. The van der Waals surface area contributed by atoms with Crippen LogP contribution in [0.15, 0.2) is 18.2 Å². The van der Waals surface area contributed by atoms with Crippen LogP contribution in [-0.2, 0) is 4.74 Å². The van der Waals surface area contributed by atoms with Crippen LogP contribution in [0.5, 0.6) is 0 Å². The van der Waals surface area contributed by atoms with Gasteiger partial charge in [-0.25, -0.2) is 0 Å². The van der Waals surface area contributed by atoms with Crippen LogP contribution in [0.3, 0.4) is 0 Å². The highest BCUT2D eigenvalue weighted by atomic mass is 35.5. The molecule has 5 heteroatoms. The maximum Gasteiger partial charge on any atom is 0.0590 e. The third-order valence-electron chi connectivity index (χ3n) is 3.60. The number of hydrogen-bond acceptors (Lipinski definition) is 3. The summed E-state index contributed by atoms with van der Waals surface area (Å²) in [6, 6.07) is 6.12. The van der Waals surface area contributed by atoms with E-state index in [0.717, 1.165) is 18.5 Å². The van der Waals surface area contributed by atoms with Crippen molar-refractivity contribution < 1.29 is 4.74 Å². The number of ether oxygens (including phenoxy) is 1. The first kappa shape index (κ1) is 17.7. The van der Waals surface area contributed by atoms with Gasteiger partial charge in [0.05, 0.1) is 6.61 Å². The van der Waals surface area contributed by atoms with Crippen LogP contribution in [0.2, 0.25) is 10.0 Å². The molecule has 0 spiro atoms. The molecule has 0 heterocycles. The lowest BCUT2D eigenvalue weighted by Crippen LogP contribution is -2.41. The fraction of sp³-hybridized carbons (Fsp3) is 0.600. The Morgan fingerprint density at radius 2 is 1.85 bits per heavy atom. The second-order valence-corrected chi connectivity index (χ2v) is 5.82. The Morgan fingerprint density at radius 1 is 1.25 bits per heavy atom. The smallest absolute Gasteiger partial charge is 0.0590 e. The molecule has 2 atom stereocenters. The largest absolute Gasteiger partial charge is 0.383 e. The van der Waals surface area contributed by atoms with Crippen LogP contribution < -0.4 is 5.73 Å². The second kappa shape index (κ2) is 8.85. The Hall–Kier alpha value is -0.320. The van der Waals surface area contributed by atoms with E-state index in [1.807, 2.05) is 12.1 Å². The first-order chi connectivity index (χ1) is 9.53. The van der Waals surface area contributed by atoms with Gasteiger partial charge in [0.25, 0.3) is 0 Å². The van der Waals surface area contributed by atoms with Gasteiger partial charge in [0.2, 0.25) is 0 Å². The molecule has 20 heavy (non-hydrogen) atoms. The number of nitrogens with zero attached hydrogens (tertiary/aromatic N) is 1. The van der Waals surface area contributed by atoms with E-state index in [2.05, 4.69) is 18.7 Å². The highest BCUT2D eigenvalue weighted by Crippen LogP contribution is 2.28. The molecule has 0 saturated heterocycles. The van der Waals surface area contributed by atoms with Gasteiger partial charge in [0.15, 0.2) is 0 Å². The maximum atomic E-state index is 6.11. The normalized spacial score (nSPS) is 14.6. The average Bonchev–Trinajstić information content (AvgIpc) is 2.41. The molecule has 2 N–H and O–H groups in total. The van der Waals surface area contributed by atoms with Crippen molar-refractivity contribution >= 4 is 23.2 Å². The molecule has 0 aromatic heterocycles. The molecule has 3 nitrogen and oxygen atoms in total. The molecule has 0 radical (unpaired) electrons. The summed E-state index contributed by atoms with van der Waals surface area (Å²) in [7, 11) is 1.71. The lowest BCUT2D eigenvalue weighted by atomic mass is 10.0. The van der Waals surface area contributed by atoms with Crippen LogP contribution in [0, 0.1) is 0 Å². The topological polar surface area (TPSA) is 38.5 Å². The molecule has 1 rings (SSSR count). The highest BCUT2D eigenvalue weighted by Gasteiger charge is 2.23. The third kappa shape index (κ3) is 4.90. The molecule has 0 bridgehead atoms. The van der Waals surface area contributed by atoms with Gasteiger partial charge in [-0.3, -0.25) is 4.90 Å². The van der Waals surface area contributed by atoms with Gasteiger partial charge in [-0.2, -0.15) is 0 Å². The molecule has 0 aliphatic heterocycles. The van der Waals surface area contributed by atoms with Crippen molar-refractivity contribution in [3.63, 3.8) is 0 Å². The van der Waals surface area contributed by atoms with Crippen molar-refractivity contribution in [3.8, 4) is 0 Å². The summed E-state index contributed by atoms with van der Waals surface area (Å²) in [4.78, 5) is 2.35. The first-order valence-electron chi connectivity index (χ1n) is 6.94. The number of nitrogens with two attached hydrogens (primary N) is 1. The summed E-state index contributed by atoms with van der Waals surface area (Å²) in [5.74, 6) is 0. The minimum absolute atomic E-state index is 0.0938. The summed E-state index contributed by atoms with van der Waals surface area (Å²) >= 11 is 12.2. The first-order valence-corrected chi connectivity index (χ1v) is 7.69. The maximum absolute atomic E-state index is 6.11. The predicted molar refractivity (Wildman–Crippen MR) is 86.6 cm³/mol. The SMILES string of the molecule is CCC(C)N(CCOC)C(CN)c1cc(Cl)cc(Cl)c1. The van der Waals surface area contributed by atoms with E-state index >= 15 is 0 Å². The second-order valence-electron chi connectivity index (χ2n) is 4.94. The standard InChI is InChI=1S/C15H24Cl2N2O/c1-4-11(2)19(5-6-20-3)15(10-18)12-7-13(16)9-14(17)8-12/h7-9,11,15H,4-6,10,18H2,1-3H3. The summed E-state index contributed by atoms with van der Waals surface area (Å²) in [6.45, 7) is 6.39. The van der Waals surface area contributed by atoms with Crippen molar-refractivity contribution in [2.24, 2.45) is 5.73 Å². The Labute approximate surface area is 132 Å². The Kier molecular flexibility index (Phi) is 7.85. The van der Waals surface area contributed by atoms with E-state index in [0.29, 0.717) is 29.2 Å². The quantitative estimate of drug-likeness (QED) is 0.793. The molecule has 0 amide bonds. The number of hydrogen-bond donors (Lipinski definition) is 1. The van der Waals surface area contributed by atoms with Crippen molar-refractivity contribution in [2.45, 2.75) is 32.4 Å². The Morgan fingerprint density at radius 3 is 2.30 bits per heavy atom. The lowest BCUT2D eigenvalue weighted by molar-refractivity contribution is 0.0902. The minimum atomic E-state index is 0.0938. The lowest BCUT2D eigenvalue weighted by Gasteiger charge is -2.36. The van der Waals surface area contributed by atoms with Crippen molar-refractivity contribution in [1.29, 1.82) is 0 Å². The average molecular weight is 319 g/mol. The van der Waals surface area contributed by atoms with Crippen LogP contribution in [0.1, 0.15) is 31.9 Å². The van der Waals surface area contributed by atoms with E-state index in [1.165, 1.54) is 0 Å². The van der Waals surface area contributed by atoms with Gasteiger partial charge in [-0.1, -0.05) is 30.1 Å². The Bertz CT molecular complexity index is 395. The summed E-state index contributed by atoms with van der Waals surface area (Å²) in [6.07, 6.45) is 1.05. The Balaban J connectivity index is 3.04. The molecule has 0 saturated carbocycles. The zero-order chi connectivity index (χ0) is 15.1. The molecular weight excluding hydrogens is 295 g/mol. The molecule has 1 aromatic rings. The zero-order valence-corrected chi connectivity index (χ0v) is 13.9. The van der Waals surface area contributed by atoms with Crippen LogP contribution in [0.25, 0.3) is 0 Å². The van der Waals surface area contributed by atoms with Gasteiger partial charge in [-0.05, 0) is 37.1 Å². The van der Waals surface area contributed by atoms with Gasteiger partial charge in [0.1, 0.15) is 0 Å². The molecule has 0 aliphatic carbocycles. The molecule has 1 aromatic carbocycles. The van der Waals surface area contributed by atoms with E-state index < -0.39 is 0 Å². The van der Waals surface area contributed by atoms with Crippen molar-refractivity contribution in [1.82, 2.24) is 4.90 Å². The molecule has 0 fully saturated rings. The minimum Gasteiger partial charge on any atom is -0.383 e. The zero-order valence-electron chi connectivity index (χ0n) is 12.4. The van der Waals surface area contributed by atoms with Gasteiger partial charge >= 0.3 is 0 Å².